The second-order valence-corrected chi connectivity index (χ2v) is 8.38. The fourth-order valence-corrected chi connectivity index (χ4v) is 3.91. The molecule has 0 aliphatic heterocycles. The van der Waals surface area contributed by atoms with Gasteiger partial charge >= 0.3 is 5.97 Å². The molecule has 6 nitrogen and oxygen atoms in total. The lowest BCUT2D eigenvalue weighted by atomic mass is 10.0. The highest BCUT2D eigenvalue weighted by Gasteiger charge is 2.20. The molecule has 0 radical (unpaired) electrons. The summed E-state index contributed by atoms with van der Waals surface area (Å²) in [6, 6.07) is 12.0. The Balaban J connectivity index is 2.13. The van der Waals surface area contributed by atoms with E-state index in [4.69, 9.17) is 23.2 Å². The number of carbonyl (C=O) groups excluding carboxylic acids is 1. The van der Waals surface area contributed by atoms with E-state index in [1.165, 1.54) is 11.4 Å². The smallest absolute Gasteiger partial charge is 0.337 e. The Morgan fingerprint density at radius 1 is 1.17 bits per heavy atom. The zero-order valence-electron chi connectivity index (χ0n) is 16.5. The van der Waals surface area contributed by atoms with Crippen LogP contribution in [0.15, 0.2) is 42.5 Å². The molecule has 2 atom stereocenters. The van der Waals surface area contributed by atoms with Crippen LogP contribution in [-0.2, 0) is 22.4 Å². The van der Waals surface area contributed by atoms with Gasteiger partial charge in [-0.2, -0.15) is 0 Å². The van der Waals surface area contributed by atoms with Crippen molar-refractivity contribution in [2.75, 3.05) is 32.1 Å². The van der Waals surface area contributed by atoms with E-state index in [9.17, 15) is 13.6 Å². The molecule has 2 rings (SSSR count). The van der Waals surface area contributed by atoms with Crippen molar-refractivity contribution in [1.29, 1.82) is 0 Å². The molecule has 158 valence electrons. The van der Waals surface area contributed by atoms with Gasteiger partial charge in [-0.05, 0) is 62.8 Å². The van der Waals surface area contributed by atoms with Crippen LogP contribution in [0.3, 0.4) is 0 Å². The van der Waals surface area contributed by atoms with Crippen molar-refractivity contribution in [2.24, 2.45) is 0 Å². The first-order valence-electron chi connectivity index (χ1n) is 8.90. The minimum Gasteiger partial charge on any atom is -0.465 e. The van der Waals surface area contributed by atoms with Gasteiger partial charge in [0.2, 0.25) is 0 Å². The number of nitrogens with zero attached hydrogens (tertiary/aromatic N) is 2. The molecule has 2 aromatic carbocycles. The Hall–Kier alpha value is -1.64. The second kappa shape index (κ2) is 10.9. The number of rotatable bonds is 9. The number of esters is 1. The average Bonchev–Trinajstić information content (AvgIpc) is 2.69. The first kappa shape index (κ1) is 23.6. The zero-order valence-corrected chi connectivity index (χ0v) is 18.8. The van der Waals surface area contributed by atoms with Gasteiger partial charge in [0, 0.05) is 12.6 Å². The minimum absolute atomic E-state index is 0.0753. The number of likely N-dealkylation sites (N-methyl/N-ethyl adjacent to an activating group) is 1. The van der Waals surface area contributed by atoms with Crippen molar-refractivity contribution in [1.82, 2.24) is 4.90 Å². The Bertz CT molecular complexity index is 862. The molecule has 0 aliphatic carbocycles. The van der Waals surface area contributed by atoms with Crippen LogP contribution in [0, 0.1) is 0 Å². The van der Waals surface area contributed by atoms with Crippen molar-refractivity contribution >= 4 is 46.1 Å². The minimum atomic E-state index is -2.21. The van der Waals surface area contributed by atoms with Gasteiger partial charge in [-0.3, -0.25) is 8.86 Å². The number of methoxy groups -OCH3 is 1. The molecule has 0 saturated heterocycles. The van der Waals surface area contributed by atoms with Crippen molar-refractivity contribution < 1.29 is 18.3 Å². The highest BCUT2D eigenvalue weighted by Crippen LogP contribution is 2.28. The predicted molar refractivity (Wildman–Crippen MR) is 118 cm³/mol. The van der Waals surface area contributed by atoms with Gasteiger partial charge in [0.1, 0.15) is 0 Å². The molecule has 0 spiro atoms. The van der Waals surface area contributed by atoms with Gasteiger partial charge in [-0.1, -0.05) is 35.3 Å². The van der Waals surface area contributed by atoms with E-state index in [0.29, 0.717) is 40.7 Å². The van der Waals surface area contributed by atoms with Crippen molar-refractivity contribution in [3.05, 3.63) is 63.6 Å². The predicted octanol–water partition coefficient (Wildman–Crippen LogP) is 4.29. The van der Waals surface area contributed by atoms with Crippen LogP contribution in [-0.4, -0.2) is 53.4 Å². The monoisotopic (exact) mass is 458 g/mol. The van der Waals surface area contributed by atoms with Crippen molar-refractivity contribution in [3.63, 3.8) is 0 Å². The number of hydrogen-bond donors (Lipinski definition) is 1. The number of anilines is 1. The van der Waals surface area contributed by atoms with Crippen LogP contribution in [0.5, 0.6) is 0 Å². The number of hydrogen-bond acceptors (Lipinski definition) is 4. The van der Waals surface area contributed by atoms with E-state index in [2.05, 4.69) is 9.64 Å². The molecule has 0 saturated carbocycles. The Kier molecular flexibility index (Phi) is 8.92. The molecule has 0 bridgehead atoms. The Morgan fingerprint density at radius 2 is 1.83 bits per heavy atom. The SMILES string of the molecule is COC(=O)c1ccc(N(CCC(Cc2cccc(Cl)c2Cl)N(C)C)S(=O)O)cc1. The first-order valence-corrected chi connectivity index (χ1v) is 10.7. The van der Waals surface area contributed by atoms with Gasteiger partial charge in [-0.25, -0.2) is 9.00 Å². The summed E-state index contributed by atoms with van der Waals surface area (Å²) in [4.78, 5) is 13.6. The lowest BCUT2D eigenvalue weighted by Crippen LogP contribution is -2.36. The lowest BCUT2D eigenvalue weighted by molar-refractivity contribution is 0.0600. The van der Waals surface area contributed by atoms with Crippen LogP contribution in [0.25, 0.3) is 0 Å². The first-order chi connectivity index (χ1) is 13.7. The molecule has 0 amide bonds. The fourth-order valence-electron chi connectivity index (χ4n) is 2.95. The maximum atomic E-state index is 11.9. The van der Waals surface area contributed by atoms with E-state index >= 15 is 0 Å². The summed E-state index contributed by atoms with van der Waals surface area (Å²) < 4.78 is 27.7. The number of carbonyl (C=O) groups is 1. The standard InChI is InChI=1S/C20H24Cl2N2O4S/c1-23(2)17(13-15-5-4-6-18(21)19(15)22)11-12-24(29(26)27)16-9-7-14(8-10-16)20(25)28-3/h4-10,17H,11-13H2,1-3H3,(H,26,27). The van der Waals surface area contributed by atoms with Gasteiger partial charge in [0.15, 0.2) is 0 Å². The topological polar surface area (TPSA) is 70.1 Å². The number of benzene rings is 2. The molecule has 29 heavy (non-hydrogen) atoms. The maximum Gasteiger partial charge on any atom is 0.337 e. The summed E-state index contributed by atoms with van der Waals surface area (Å²) >= 11 is 10.2. The highest BCUT2D eigenvalue weighted by molar-refractivity contribution is 7.80. The van der Waals surface area contributed by atoms with E-state index in [0.717, 1.165) is 5.56 Å². The van der Waals surface area contributed by atoms with E-state index < -0.39 is 17.2 Å². The molecule has 1 N–H and O–H groups in total. The van der Waals surface area contributed by atoms with Gasteiger partial charge in [-0.15, -0.1) is 0 Å². The molecular weight excluding hydrogens is 435 g/mol. The molecule has 0 heterocycles. The van der Waals surface area contributed by atoms with Crippen LogP contribution < -0.4 is 4.31 Å². The van der Waals surface area contributed by atoms with Crippen molar-refractivity contribution in [2.45, 2.75) is 18.9 Å². The quantitative estimate of drug-likeness (QED) is 0.448. The van der Waals surface area contributed by atoms with Crippen molar-refractivity contribution in [3.8, 4) is 0 Å². The summed E-state index contributed by atoms with van der Waals surface area (Å²) in [5, 5.41) is 1.03. The molecule has 0 aromatic heterocycles. The summed E-state index contributed by atoms with van der Waals surface area (Å²) in [7, 11) is 5.21. The maximum absolute atomic E-state index is 11.9. The number of ether oxygens (including phenoxy) is 1. The third-order valence-corrected chi connectivity index (χ3v) is 6.28. The Labute approximate surface area is 183 Å². The van der Waals surface area contributed by atoms with E-state index in [-0.39, 0.29) is 6.04 Å². The van der Waals surface area contributed by atoms with Crippen LogP contribution in [0.1, 0.15) is 22.3 Å². The molecule has 2 unspecified atom stereocenters. The highest BCUT2D eigenvalue weighted by atomic mass is 35.5. The van der Waals surface area contributed by atoms with Crippen LogP contribution >= 0.6 is 23.2 Å². The zero-order chi connectivity index (χ0) is 21.6. The van der Waals surface area contributed by atoms with Crippen LogP contribution in [0.2, 0.25) is 10.0 Å². The lowest BCUT2D eigenvalue weighted by Gasteiger charge is -2.28. The van der Waals surface area contributed by atoms with Crippen LogP contribution in [0.4, 0.5) is 5.69 Å². The molecule has 0 fully saturated rings. The normalized spacial score (nSPS) is 13.2. The third-order valence-electron chi connectivity index (χ3n) is 4.65. The van der Waals surface area contributed by atoms with Gasteiger partial charge in [0.05, 0.1) is 28.4 Å². The summed E-state index contributed by atoms with van der Waals surface area (Å²) in [5.74, 6) is -0.459. The van der Waals surface area contributed by atoms with E-state index in [1.807, 2.05) is 26.2 Å². The molecule has 0 aliphatic rings. The molecular formula is C20H24Cl2N2O4S. The summed E-state index contributed by atoms with van der Waals surface area (Å²) in [6.07, 6.45) is 1.26. The molecule has 2 aromatic rings. The number of halogens is 2. The Morgan fingerprint density at radius 3 is 2.38 bits per heavy atom. The fraction of sp³-hybridized carbons (Fsp3) is 0.350. The second-order valence-electron chi connectivity index (χ2n) is 6.69. The third kappa shape index (κ3) is 6.42. The summed E-state index contributed by atoms with van der Waals surface area (Å²) in [5.41, 5.74) is 1.84. The largest absolute Gasteiger partial charge is 0.465 e. The van der Waals surface area contributed by atoms with Gasteiger partial charge < -0.3 is 9.64 Å². The molecule has 9 heteroatoms. The van der Waals surface area contributed by atoms with Gasteiger partial charge in [0.25, 0.3) is 11.3 Å². The van der Waals surface area contributed by atoms with E-state index in [1.54, 1.807) is 30.3 Å². The summed E-state index contributed by atoms with van der Waals surface area (Å²) in [6.45, 7) is 0.335. The average molecular weight is 459 g/mol.